The fraction of sp³-hybridized carbons (Fsp3) is 0.400. The van der Waals surface area contributed by atoms with Crippen LogP contribution in [-0.4, -0.2) is 42.4 Å². The summed E-state index contributed by atoms with van der Waals surface area (Å²) in [4.78, 5) is 8.78. The molecule has 0 saturated heterocycles. The third kappa shape index (κ3) is 6.37. The molecule has 2 aromatic rings. The molecule has 1 unspecified atom stereocenters. The first-order valence-electron chi connectivity index (χ1n) is 9.02. The van der Waals surface area contributed by atoms with Crippen LogP contribution in [0.2, 0.25) is 0 Å². The maximum Gasteiger partial charge on any atom is 0.213 e. The average molecular weight is 356 g/mol. The maximum absolute atomic E-state index is 9.69. The molecule has 1 heterocycles. The van der Waals surface area contributed by atoms with Crippen LogP contribution < -0.4 is 15.4 Å². The molecule has 0 aliphatic rings. The van der Waals surface area contributed by atoms with Gasteiger partial charge in [0.1, 0.15) is 0 Å². The number of hydrogen-bond acceptors (Lipinski definition) is 4. The number of ether oxygens (including phenoxy) is 1. The number of nitrogens with zero attached hydrogens (tertiary/aromatic N) is 2. The van der Waals surface area contributed by atoms with Gasteiger partial charge in [0.25, 0.3) is 0 Å². The van der Waals surface area contributed by atoms with Crippen LogP contribution in [0, 0.1) is 0 Å². The minimum Gasteiger partial charge on any atom is -0.478 e. The van der Waals surface area contributed by atoms with Crippen molar-refractivity contribution in [1.82, 2.24) is 15.6 Å². The smallest absolute Gasteiger partial charge is 0.213 e. The fourth-order valence-corrected chi connectivity index (χ4v) is 2.52. The molecule has 0 saturated carbocycles. The summed E-state index contributed by atoms with van der Waals surface area (Å²) in [6.45, 7) is 6.52. The van der Waals surface area contributed by atoms with Crippen molar-refractivity contribution in [2.75, 3.05) is 26.3 Å². The van der Waals surface area contributed by atoms with Gasteiger partial charge in [-0.25, -0.2) is 9.98 Å². The lowest BCUT2D eigenvalue weighted by Crippen LogP contribution is -2.39. The number of aliphatic imine (C=N–C) groups is 1. The Kier molecular flexibility index (Phi) is 8.42. The molecule has 0 bridgehead atoms. The van der Waals surface area contributed by atoms with Crippen LogP contribution in [0.15, 0.2) is 53.7 Å². The van der Waals surface area contributed by atoms with Gasteiger partial charge >= 0.3 is 0 Å². The van der Waals surface area contributed by atoms with Crippen molar-refractivity contribution in [3.8, 4) is 5.88 Å². The van der Waals surface area contributed by atoms with E-state index in [1.807, 2.05) is 56.3 Å². The number of aromatic nitrogens is 1. The molecule has 0 fully saturated rings. The molecular formula is C20H28N4O2. The second-order valence-corrected chi connectivity index (χ2v) is 5.80. The summed E-state index contributed by atoms with van der Waals surface area (Å²) >= 11 is 0. The normalized spacial score (nSPS) is 12.5. The summed E-state index contributed by atoms with van der Waals surface area (Å²) in [5.74, 6) is 1.35. The highest BCUT2D eigenvalue weighted by atomic mass is 16.5. The van der Waals surface area contributed by atoms with Crippen molar-refractivity contribution in [2.24, 2.45) is 4.99 Å². The van der Waals surface area contributed by atoms with Crippen LogP contribution in [0.1, 0.15) is 30.9 Å². The van der Waals surface area contributed by atoms with Crippen LogP contribution >= 0.6 is 0 Å². The van der Waals surface area contributed by atoms with Crippen molar-refractivity contribution in [3.05, 3.63) is 59.8 Å². The predicted octanol–water partition coefficient (Wildman–Crippen LogP) is 2.31. The van der Waals surface area contributed by atoms with Gasteiger partial charge in [0, 0.05) is 31.3 Å². The standard InChI is InChI=1S/C20H28N4O2/c1-3-21-20(23-13-16-10-11-22-19(12-16)26-4-2)24-14-18(15-25)17-8-6-5-7-9-17/h5-12,18,25H,3-4,13-15H2,1-2H3,(H2,21,23,24). The van der Waals surface area contributed by atoms with E-state index in [9.17, 15) is 5.11 Å². The number of aliphatic hydroxyl groups excluding tert-OH is 1. The summed E-state index contributed by atoms with van der Waals surface area (Å²) in [7, 11) is 0. The summed E-state index contributed by atoms with van der Waals surface area (Å²) in [6.07, 6.45) is 1.73. The Hall–Kier alpha value is -2.60. The molecule has 3 N–H and O–H groups in total. The van der Waals surface area contributed by atoms with Gasteiger partial charge in [-0.05, 0) is 31.0 Å². The second kappa shape index (κ2) is 11.1. The van der Waals surface area contributed by atoms with Gasteiger partial charge in [-0.2, -0.15) is 0 Å². The first kappa shape index (κ1) is 19.7. The Morgan fingerprint density at radius 3 is 2.69 bits per heavy atom. The number of benzene rings is 1. The first-order chi connectivity index (χ1) is 12.8. The molecule has 6 nitrogen and oxygen atoms in total. The Morgan fingerprint density at radius 1 is 1.19 bits per heavy atom. The van der Waals surface area contributed by atoms with Crippen LogP contribution in [0.3, 0.4) is 0 Å². The zero-order valence-corrected chi connectivity index (χ0v) is 15.5. The topological polar surface area (TPSA) is 78.8 Å². The molecule has 0 aliphatic heterocycles. The number of guanidine groups is 1. The molecule has 1 aromatic heterocycles. The average Bonchev–Trinajstić information content (AvgIpc) is 2.68. The summed E-state index contributed by atoms with van der Waals surface area (Å²) in [6, 6.07) is 13.8. The molecule has 0 spiro atoms. The van der Waals surface area contributed by atoms with Gasteiger partial charge in [0.05, 0.1) is 19.8 Å². The van der Waals surface area contributed by atoms with Gasteiger partial charge in [0.2, 0.25) is 5.88 Å². The monoisotopic (exact) mass is 356 g/mol. The molecule has 1 aromatic carbocycles. The fourth-order valence-electron chi connectivity index (χ4n) is 2.52. The van der Waals surface area contributed by atoms with Crippen LogP contribution in [0.25, 0.3) is 0 Å². The first-order valence-corrected chi connectivity index (χ1v) is 9.02. The van der Waals surface area contributed by atoms with Crippen molar-refractivity contribution >= 4 is 5.96 Å². The van der Waals surface area contributed by atoms with E-state index in [1.54, 1.807) is 6.20 Å². The molecule has 1 atom stereocenters. The molecule has 140 valence electrons. The third-order valence-corrected chi connectivity index (χ3v) is 3.86. The highest BCUT2D eigenvalue weighted by Crippen LogP contribution is 2.13. The molecule has 2 rings (SSSR count). The van der Waals surface area contributed by atoms with Crippen LogP contribution in [0.4, 0.5) is 0 Å². The lowest BCUT2D eigenvalue weighted by Gasteiger charge is -2.18. The highest BCUT2D eigenvalue weighted by Gasteiger charge is 2.10. The number of pyridine rings is 1. The van der Waals surface area contributed by atoms with Gasteiger partial charge in [0.15, 0.2) is 5.96 Å². The maximum atomic E-state index is 9.69. The zero-order chi connectivity index (χ0) is 18.6. The van der Waals surface area contributed by atoms with Gasteiger partial charge < -0.3 is 20.5 Å². The van der Waals surface area contributed by atoms with Crippen molar-refractivity contribution in [3.63, 3.8) is 0 Å². The van der Waals surface area contributed by atoms with E-state index in [-0.39, 0.29) is 12.5 Å². The van der Waals surface area contributed by atoms with Crippen molar-refractivity contribution < 1.29 is 9.84 Å². The van der Waals surface area contributed by atoms with E-state index in [2.05, 4.69) is 20.6 Å². The lowest BCUT2D eigenvalue weighted by molar-refractivity contribution is 0.265. The van der Waals surface area contributed by atoms with Crippen molar-refractivity contribution in [1.29, 1.82) is 0 Å². The summed E-state index contributed by atoms with van der Waals surface area (Å²) in [5.41, 5.74) is 2.14. The minimum atomic E-state index is 0.0190. The molecule has 6 heteroatoms. The van der Waals surface area contributed by atoms with Gasteiger partial charge in [-0.1, -0.05) is 30.3 Å². The quantitative estimate of drug-likeness (QED) is 0.475. The SMILES string of the molecule is CCNC(=NCc1ccnc(OCC)c1)NCC(CO)c1ccccc1. The van der Waals surface area contributed by atoms with Gasteiger partial charge in [-0.15, -0.1) is 0 Å². The summed E-state index contributed by atoms with van der Waals surface area (Å²) in [5, 5.41) is 16.2. The molecule has 26 heavy (non-hydrogen) atoms. The largest absolute Gasteiger partial charge is 0.478 e. The Labute approximate surface area is 155 Å². The Balaban J connectivity index is 1.98. The van der Waals surface area contributed by atoms with Gasteiger partial charge in [-0.3, -0.25) is 0 Å². The minimum absolute atomic E-state index is 0.0190. The molecule has 0 amide bonds. The molecular weight excluding hydrogens is 328 g/mol. The second-order valence-electron chi connectivity index (χ2n) is 5.80. The van der Waals surface area contributed by atoms with E-state index in [0.717, 1.165) is 23.6 Å². The summed E-state index contributed by atoms with van der Waals surface area (Å²) < 4.78 is 5.42. The lowest BCUT2D eigenvalue weighted by atomic mass is 10.0. The third-order valence-electron chi connectivity index (χ3n) is 3.86. The van der Waals surface area contributed by atoms with E-state index >= 15 is 0 Å². The van der Waals surface area contributed by atoms with Crippen LogP contribution in [-0.2, 0) is 6.54 Å². The Morgan fingerprint density at radius 2 is 2.00 bits per heavy atom. The molecule has 0 aliphatic carbocycles. The van der Waals surface area contributed by atoms with E-state index in [4.69, 9.17) is 4.74 Å². The Bertz CT molecular complexity index is 677. The van der Waals surface area contributed by atoms with E-state index in [0.29, 0.717) is 25.6 Å². The number of hydrogen-bond donors (Lipinski definition) is 3. The molecule has 0 radical (unpaired) electrons. The van der Waals surface area contributed by atoms with Crippen molar-refractivity contribution in [2.45, 2.75) is 26.3 Å². The predicted molar refractivity (Wildman–Crippen MR) is 104 cm³/mol. The number of rotatable bonds is 9. The highest BCUT2D eigenvalue weighted by molar-refractivity contribution is 5.79. The zero-order valence-electron chi connectivity index (χ0n) is 15.5. The van der Waals surface area contributed by atoms with E-state index < -0.39 is 0 Å². The number of nitrogens with one attached hydrogen (secondary N) is 2. The van der Waals surface area contributed by atoms with E-state index in [1.165, 1.54) is 0 Å². The van der Waals surface area contributed by atoms with Crippen LogP contribution in [0.5, 0.6) is 5.88 Å². The number of aliphatic hydroxyl groups is 1.